The zero-order chi connectivity index (χ0) is 11.3. The van der Waals surface area contributed by atoms with E-state index in [9.17, 15) is 4.79 Å². The smallest absolute Gasteiger partial charge is 0.315 e. The molecule has 1 aromatic rings. The number of furan rings is 1. The largest absolute Gasteiger partial charge is 0.469 e. The number of hydrogen-bond donors (Lipinski definition) is 2. The third kappa shape index (κ3) is 5.10. The van der Waals surface area contributed by atoms with Gasteiger partial charge in [-0.25, -0.2) is 4.79 Å². The summed E-state index contributed by atoms with van der Waals surface area (Å²) in [4.78, 5) is 11.3. The van der Waals surface area contributed by atoms with Gasteiger partial charge in [-0.05, 0) is 32.9 Å². The average Bonchev–Trinajstić information content (AvgIpc) is 2.53. The number of carbonyl (C=O) groups is 1. The van der Waals surface area contributed by atoms with Crippen LogP contribution in [-0.4, -0.2) is 18.1 Å². The molecule has 0 saturated heterocycles. The van der Waals surface area contributed by atoms with E-state index >= 15 is 0 Å². The molecule has 0 aliphatic rings. The SMILES string of the molecule is CC(C)(C)NC(=O)NCCc1ccco1. The van der Waals surface area contributed by atoms with Gasteiger partial charge in [-0.1, -0.05) is 0 Å². The summed E-state index contributed by atoms with van der Waals surface area (Å²) in [6, 6.07) is 3.59. The number of rotatable bonds is 3. The van der Waals surface area contributed by atoms with Crippen LogP contribution in [0.3, 0.4) is 0 Å². The van der Waals surface area contributed by atoms with E-state index < -0.39 is 0 Å². The normalized spacial score (nSPS) is 11.1. The predicted octanol–water partition coefficient (Wildman–Crippen LogP) is 1.92. The van der Waals surface area contributed by atoms with Crippen molar-refractivity contribution in [1.29, 1.82) is 0 Å². The Labute approximate surface area is 90.0 Å². The standard InChI is InChI=1S/C11H18N2O2/c1-11(2,3)13-10(14)12-7-6-9-5-4-8-15-9/h4-5,8H,6-7H2,1-3H3,(H2,12,13,14). The third-order valence-electron chi connectivity index (χ3n) is 1.73. The lowest BCUT2D eigenvalue weighted by atomic mass is 10.1. The first-order chi connectivity index (χ1) is 6.97. The quantitative estimate of drug-likeness (QED) is 0.800. The molecular formula is C11H18N2O2. The predicted molar refractivity (Wildman–Crippen MR) is 58.7 cm³/mol. The van der Waals surface area contributed by atoms with E-state index in [1.165, 1.54) is 0 Å². The van der Waals surface area contributed by atoms with Crippen molar-refractivity contribution in [1.82, 2.24) is 10.6 Å². The molecule has 0 saturated carbocycles. The van der Waals surface area contributed by atoms with E-state index in [2.05, 4.69) is 10.6 Å². The summed E-state index contributed by atoms with van der Waals surface area (Å²) in [5.41, 5.74) is -0.200. The molecule has 0 spiro atoms. The second-order valence-electron chi connectivity index (χ2n) is 4.46. The number of hydrogen-bond acceptors (Lipinski definition) is 2. The van der Waals surface area contributed by atoms with Crippen molar-refractivity contribution >= 4 is 6.03 Å². The van der Waals surface area contributed by atoms with E-state index in [0.717, 1.165) is 5.76 Å². The van der Waals surface area contributed by atoms with Crippen LogP contribution in [0.2, 0.25) is 0 Å². The van der Waals surface area contributed by atoms with Crippen LogP contribution in [0.5, 0.6) is 0 Å². The average molecular weight is 210 g/mol. The van der Waals surface area contributed by atoms with Gasteiger partial charge >= 0.3 is 6.03 Å². The van der Waals surface area contributed by atoms with Crippen molar-refractivity contribution in [3.05, 3.63) is 24.2 Å². The molecule has 2 amide bonds. The Morgan fingerprint density at radius 1 is 1.47 bits per heavy atom. The summed E-state index contributed by atoms with van der Waals surface area (Å²) in [5, 5.41) is 5.59. The van der Waals surface area contributed by atoms with Gasteiger partial charge in [0.05, 0.1) is 6.26 Å². The first-order valence-electron chi connectivity index (χ1n) is 5.06. The van der Waals surface area contributed by atoms with Crippen molar-refractivity contribution in [2.75, 3.05) is 6.54 Å². The highest BCUT2D eigenvalue weighted by atomic mass is 16.3. The van der Waals surface area contributed by atoms with Gasteiger partial charge in [0.15, 0.2) is 0 Å². The van der Waals surface area contributed by atoms with Crippen LogP contribution in [0.4, 0.5) is 4.79 Å². The Morgan fingerprint density at radius 3 is 2.73 bits per heavy atom. The first kappa shape index (κ1) is 11.6. The van der Waals surface area contributed by atoms with Crippen molar-refractivity contribution in [2.24, 2.45) is 0 Å². The highest BCUT2D eigenvalue weighted by Crippen LogP contribution is 2.00. The van der Waals surface area contributed by atoms with E-state index in [0.29, 0.717) is 13.0 Å². The lowest BCUT2D eigenvalue weighted by Crippen LogP contribution is -2.46. The Balaban J connectivity index is 2.18. The van der Waals surface area contributed by atoms with Gasteiger partial charge in [-0.3, -0.25) is 0 Å². The maximum Gasteiger partial charge on any atom is 0.315 e. The molecule has 0 aliphatic heterocycles. The molecule has 2 N–H and O–H groups in total. The van der Waals surface area contributed by atoms with Crippen LogP contribution in [0.1, 0.15) is 26.5 Å². The van der Waals surface area contributed by atoms with Crippen molar-refractivity contribution in [3.63, 3.8) is 0 Å². The summed E-state index contributed by atoms with van der Waals surface area (Å²) in [6.45, 7) is 6.41. The van der Waals surface area contributed by atoms with Crippen LogP contribution in [-0.2, 0) is 6.42 Å². The third-order valence-corrected chi connectivity index (χ3v) is 1.73. The Kier molecular flexibility index (Phi) is 3.77. The van der Waals surface area contributed by atoms with Crippen LogP contribution in [0.25, 0.3) is 0 Å². The first-order valence-corrected chi connectivity index (χ1v) is 5.06. The molecule has 0 radical (unpaired) electrons. The van der Waals surface area contributed by atoms with Gasteiger partial charge in [-0.2, -0.15) is 0 Å². The Morgan fingerprint density at radius 2 is 2.20 bits per heavy atom. The number of carbonyl (C=O) groups excluding carboxylic acids is 1. The lowest BCUT2D eigenvalue weighted by Gasteiger charge is -2.20. The zero-order valence-corrected chi connectivity index (χ0v) is 9.46. The van der Waals surface area contributed by atoms with Gasteiger partial charge < -0.3 is 15.1 Å². The fourth-order valence-electron chi connectivity index (χ4n) is 1.14. The summed E-state index contributed by atoms with van der Waals surface area (Å²) in [5.74, 6) is 0.881. The highest BCUT2D eigenvalue weighted by Gasteiger charge is 2.12. The molecule has 1 aromatic heterocycles. The molecule has 0 aliphatic carbocycles. The number of amides is 2. The minimum atomic E-state index is -0.200. The molecule has 0 unspecified atom stereocenters. The van der Waals surface area contributed by atoms with Gasteiger partial charge in [0.1, 0.15) is 5.76 Å². The fraction of sp³-hybridized carbons (Fsp3) is 0.545. The highest BCUT2D eigenvalue weighted by molar-refractivity contribution is 5.74. The van der Waals surface area contributed by atoms with E-state index in [1.54, 1.807) is 6.26 Å². The molecule has 1 heterocycles. The summed E-state index contributed by atoms with van der Waals surface area (Å²) in [6.07, 6.45) is 2.34. The van der Waals surface area contributed by atoms with E-state index in [1.807, 2.05) is 32.9 Å². The molecule has 0 bridgehead atoms. The minimum Gasteiger partial charge on any atom is -0.469 e. The molecule has 1 rings (SSSR count). The van der Waals surface area contributed by atoms with Crippen molar-refractivity contribution < 1.29 is 9.21 Å². The van der Waals surface area contributed by atoms with Gasteiger partial charge in [-0.15, -0.1) is 0 Å². The molecule has 84 valence electrons. The molecule has 0 aromatic carbocycles. The van der Waals surface area contributed by atoms with Gasteiger partial charge in [0, 0.05) is 18.5 Å². The van der Waals surface area contributed by atoms with Gasteiger partial charge in [0.25, 0.3) is 0 Å². The minimum absolute atomic E-state index is 0.144. The van der Waals surface area contributed by atoms with Crippen LogP contribution in [0, 0.1) is 0 Å². The second-order valence-corrected chi connectivity index (χ2v) is 4.46. The molecule has 4 heteroatoms. The molecule has 0 fully saturated rings. The van der Waals surface area contributed by atoms with E-state index in [4.69, 9.17) is 4.42 Å². The molecule has 0 atom stereocenters. The second kappa shape index (κ2) is 4.87. The topological polar surface area (TPSA) is 54.3 Å². The van der Waals surface area contributed by atoms with Crippen LogP contribution >= 0.6 is 0 Å². The number of urea groups is 1. The lowest BCUT2D eigenvalue weighted by molar-refractivity contribution is 0.232. The fourth-order valence-corrected chi connectivity index (χ4v) is 1.14. The zero-order valence-electron chi connectivity index (χ0n) is 9.46. The van der Waals surface area contributed by atoms with E-state index in [-0.39, 0.29) is 11.6 Å². The number of nitrogens with one attached hydrogen (secondary N) is 2. The maximum absolute atomic E-state index is 11.3. The monoisotopic (exact) mass is 210 g/mol. The van der Waals surface area contributed by atoms with Crippen LogP contribution < -0.4 is 10.6 Å². The Bertz CT molecular complexity index is 299. The summed E-state index contributed by atoms with van der Waals surface area (Å²) in [7, 11) is 0. The van der Waals surface area contributed by atoms with Gasteiger partial charge in [0.2, 0.25) is 0 Å². The van der Waals surface area contributed by atoms with Crippen LogP contribution in [0.15, 0.2) is 22.8 Å². The maximum atomic E-state index is 11.3. The van der Waals surface area contributed by atoms with Crippen molar-refractivity contribution in [2.45, 2.75) is 32.7 Å². The summed E-state index contributed by atoms with van der Waals surface area (Å²) >= 11 is 0. The Hall–Kier alpha value is -1.45. The molecular weight excluding hydrogens is 192 g/mol. The molecule has 15 heavy (non-hydrogen) atoms. The van der Waals surface area contributed by atoms with Crippen molar-refractivity contribution in [3.8, 4) is 0 Å². The summed E-state index contributed by atoms with van der Waals surface area (Å²) < 4.78 is 5.14. The molecule has 4 nitrogen and oxygen atoms in total.